The van der Waals surface area contributed by atoms with Crippen LogP contribution in [0.2, 0.25) is 0 Å². The van der Waals surface area contributed by atoms with E-state index in [2.05, 4.69) is 48.6 Å². The van der Waals surface area contributed by atoms with Gasteiger partial charge in [0.25, 0.3) is 11.8 Å². The average Bonchev–Trinajstić information content (AvgIpc) is 2.58. The number of hydrogen-bond donors (Lipinski definition) is 3. The molecule has 28 heavy (non-hydrogen) atoms. The van der Waals surface area contributed by atoms with Crippen LogP contribution in [0, 0.1) is 0 Å². The maximum atomic E-state index is 11.9. The number of carbonyl (C=O) groups excluding carboxylic acids is 4. The Labute approximate surface area is 164 Å². The Bertz CT molecular complexity index is 746. The zero-order valence-corrected chi connectivity index (χ0v) is 17.3. The van der Waals surface area contributed by atoms with Gasteiger partial charge in [-0.3, -0.25) is 14.4 Å². The lowest BCUT2D eigenvalue weighted by atomic mass is 10.3. The maximum absolute atomic E-state index is 11.9. The van der Waals surface area contributed by atoms with Crippen LogP contribution in [-0.4, -0.2) is 64.0 Å². The molecule has 0 spiro atoms. The fraction of sp³-hybridized carbons (Fsp3) is 0.429. The van der Waals surface area contributed by atoms with Crippen LogP contribution in [0.25, 0.3) is 0 Å². The molecule has 0 fully saturated rings. The number of nitrogens with one attached hydrogen (secondary N) is 2. The van der Waals surface area contributed by atoms with E-state index in [-0.39, 0.29) is 17.7 Å². The second-order valence-corrected chi connectivity index (χ2v) is 7.18. The van der Waals surface area contributed by atoms with Crippen molar-refractivity contribution in [3.05, 3.63) is 17.6 Å². The molecule has 0 saturated heterocycles. The van der Waals surface area contributed by atoms with E-state index in [1.165, 1.54) is 6.92 Å². The molecule has 12 nitrogen and oxygen atoms in total. The first-order valence-electron chi connectivity index (χ1n) is 7.83. The van der Waals surface area contributed by atoms with E-state index in [1.807, 2.05) is 0 Å². The highest BCUT2D eigenvalue weighted by Gasteiger charge is 2.20. The molecule has 3 atom stereocenters. The number of ether oxygens (including phenoxy) is 3. The summed E-state index contributed by atoms with van der Waals surface area (Å²) >= 11 is 0. The van der Waals surface area contributed by atoms with Crippen LogP contribution in [0.5, 0.6) is 5.88 Å². The van der Waals surface area contributed by atoms with E-state index >= 15 is 0 Å². The van der Waals surface area contributed by atoms with Gasteiger partial charge in [-0.2, -0.15) is 4.98 Å². The summed E-state index contributed by atoms with van der Waals surface area (Å²) in [5.41, 5.74) is -0.563. The van der Waals surface area contributed by atoms with E-state index in [0.717, 1.165) is 6.20 Å². The van der Waals surface area contributed by atoms with Crippen molar-refractivity contribution >= 4 is 42.4 Å². The quantitative estimate of drug-likeness (QED) is 0.282. The van der Waals surface area contributed by atoms with Crippen LogP contribution in [0.15, 0.2) is 6.20 Å². The predicted molar refractivity (Wildman–Crippen MR) is 100 cm³/mol. The van der Waals surface area contributed by atoms with Crippen molar-refractivity contribution in [3.8, 4) is 5.88 Å². The molecule has 154 valence electrons. The molecule has 1 rings (SSSR count). The molecule has 3 N–H and O–H groups in total. The molecular formula is C14H20N4O8P2. The van der Waals surface area contributed by atoms with Gasteiger partial charge in [0.2, 0.25) is 18.0 Å². The second-order valence-electron chi connectivity index (χ2n) is 4.97. The van der Waals surface area contributed by atoms with E-state index in [9.17, 15) is 24.3 Å². The van der Waals surface area contributed by atoms with Crippen molar-refractivity contribution < 1.29 is 38.5 Å². The molecule has 0 radical (unpaired) electrons. The summed E-state index contributed by atoms with van der Waals surface area (Å²) in [6.45, 7) is 2.38. The average molecular weight is 434 g/mol. The van der Waals surface area contributed by atoms with E-state index in [1.54, 1.807) is 6.92 Å². The van der Waals surface area contributed by atoms with Crippen LogP contribution in [0.3, 0.4) is 0 Å². The molecule has 0 aliphatic rings. The third-order valence-electron chi connectivity index (χ3n) is 2.73. The molecule has 0 aliphatic heterocycles. The highest BCUT2D eigenvalue weighted by molar-refractivity contribution is 7.37. The van der Waals surface area contributed by atoms with E-state index in [0.29, 0.717) is 0 Å². The molecule has 2 amide bonds. The Morgan fingerprint density at radius 2 is 1.89 bits per heavy atom. The Kier molecular flexibility index (Phi) is 9.47. The Morgan fingerprint density at radius 3 is 2.46 bits per heavy atom. The molecule has 0 saturated carbocycles. The minimum atomic E-state index is -1.22. The van der Waals surface area contributed by atoms with Crippen molar-refractivity contribution in [1.29, 1.82) is 0 Å². The lowest BCUT2D eigenvalue weighted by molar-refractivity contribution is -0.166. The molecular weight excluding hydrogens is 414 g/mol. The van der Waals surface area contributed by atoms with E-state index in [4.69, 9.17) is 4.74 Å². The Hall–Kier alpha value is -2.58. The number of nitrogens with zero attached hydrogens (tertiary/aromatic N) is 2. The van der Waals surface area contributed by atoms with Crippen LogP contribution < -0.4 is 10.6 Å². The summed E-state index contributed by atoms with van der Waals surface area (Å²) in [5, 5.41) is 14.4. The summed E-state index contributed by atoms with van der Waals surface area (Å²) in [6, 6.07) is 0. The number of hydrogen-bond acceptors (Lipinski definition) is 10. The zero-order chi connectivity index (χ0) is 21.3. The second kappa shape index (κ2) is 11.3. The number of carbonyl (C=O) groups is 4. The van der Waals surface area contributed by atoms with Crippen LogP contribution in [-0.2, 0) is 19.0 Å². The molecule has 1 aromatic heterocycles. The summed E-state index contributed by atoms with van der Waals surface area (Å²) in [5.74, 6) is -3.61. The molecule has 0 aliphatic carbocycles. The SMILES string of the molecule is CCOC(=O)OC(C)OC(=O)CNC(=O)c1ncc(C(=O)NC(P)P)c(O)n1. The third kappa shape index (κ3) is 7.98. The largest absolute Gasteiger partial charge is 0.511 e. The molecule has 3 unspecified atom stereocenters. The fourth-order valence-electron chi connectivity index (χ4n) is 1.64. The molecule has 14 heteroatoms. The van der Waals surface area contributed by atoms with E-state index < -0.39 is 48.5 Å². The first kappa shape index (κ1) is 23.5. The maximum Gasteiger partial charge on any atom is 0.511 e. The zero-order valence-electron chi connectivity index (χ0n) is 15.0. The lowest BCUT2D eigenvalue weighted by Crippen LogP contribution is -2.34. The topological polar surface area (TPSA) is 166 Å². The summed E-state index contributed by atoms with van der Waals surface area (Å²) in [7, 11) is 4.61. The highest BCUT2D eigenvalue weighted by Crippen LogP contribution is 2.14. The van der Waals surface area contributed by atoms with Gasteiger partial charge in [-0.15, -0.1) is 18.5 Å². The number of aromatic nitrogens is 2. The van der Waals surface area contributed by atoms with Crippen molar-refractivity contribution in [1.82, 2.24) is 20.6 Å². The normalized spacial score (nSPS) is 11.3. The van der Waals surface area contributed by atoms with Gasteiger partial charge < -0.3 is 30.0 Å². The highest BCUT2D eigenvalue weighted by atomic mass is 31.1. The van der Waals surface area contributed by atoms with Gasteiger partial charge in [0, 0.05) is 13.1 Å². The van der Waals surface area contributed by atoms with Crippen molar-refractivity contribution in [2.75, 3.05) is 13.2 Å². The molecule has 0 bridgehead atoms. The fourth-order valence-corrected chi connectivity index (χ4v) is 1.94. The van der Waals surface area contributed by atoms with Gasteiger partial charge in [-0.1, -0.05) is 0 Å². The summed E-state index contributed by atoms with van der Waals surface area (Å²) in [4.78, 5) is 53.6. The van der Waals surface area contributed by atoms with Gasteiger partial charge in [0.05, 0.1) is 12.1 Å². The van der Waals surface area contributed by atoms with Gasteiger partial charge in [-0.05, 0) is 6.92 Å². The summed E-state index contributed by atoms with van der Waals surface area (Å²) in [6.07, 6.45) is -1.26. The minimum Gasteiger partial charge on any atom is -0.493 e. The number of amides is 2. The standard InChI is InChI=1S/C14H20N4O8P2/c1-3-24-14(23)26-6(2)25-8(19)5-16-12(22)9-15-4-7(10(20)17-9)11(21)18-13(27)28/h4,6,13H,3,5,27-28H2,1-2H3,(H,16,22)(H,18,21)(H,15,17,20). The monoisotopic (exact) mass is 434 g/mol. The number of esters is 1. The van der Waals surface area contributed by atoms with Crippen molar-refractivity contribution in [3.63, 3.8) is 0 Å². The van der Waals surface area contributed by atoms with Gasteiger partial charge in [0.15, 0.2) is 0 Å². The summed E-state index contributed by atoms with van der Waals surface area (Å²) < 4.78 is 13.9. The predicted octanol–water partition coefficient (Wildman–Crippen LogP) is -0.262. The Balaban J connectivity index is 2.57. The molecule has 0 aromatic carbocycles. The van der Waals surface area contributed by atoms with Crippen molar-refractivity contribution in [2.24, 2.45) is 0 Å². The first-order valence-corrected chi connectivity index (χ1v) is 9.16. The molecule has 1 heterocycles. The van der Waals surface area contributed by atoms with Crippen LogP contribution in [0.4, 0.5) is 4.79 Å². The van der Waals surface area contributed by atoms with Crippen molar-refractivity contribution in [2.45, 2.75) is 25.7 Å². The number of rotatable bonds is 8. The van der Waals surface area contributed by atoms with Crippen LogP contribution in [0.1, 0.15) is 34.8 Å². The minimum absolute atomic E-state index is 0.0955. The first-order chi connectivity index (χ1) is 13.1. The van der Waals surface area contributed by atoms with Gasteiger partial charge in [-0.25, -0.2) is 9.78 Å². The lowest BCUT2D eigenvalue weighted by Gasteiger charge is -2.13. The van der Waals surface area contributed by atoms with Crippen LogP contribution >= 0.6 is 18.5 Å². The van der Waals surface area contributed by atoms with Gasteiger partial charge in [0.1, 0.15) is 12.1 Å². The smallest absolute Gasteiger partial charge is 0.493 e. The Morgan fingerprint density at radius 1 is 1.21 bits per heavy atom. The third-order valence-corrected chi connectivity index (χ3v) is 3.06. The number of aromatic hydroxyl groups is 1. The molecule has 1 aromatic rings. The van der Waals surface area contributed by atoms with Gasteiger partial charge >= 0.3 is 12.1 Å².